The number of benzene rings is 3. The maximum absolute atomic E-state index is 14.1. The smallest absolute Gasteiger partial charge is 0.258 e. The lowest BCUT2D eigenvalue weighted by Crippen LogP contribution is -2.44. The average Bonchev–Trinajstić information content (AvgIpc) is 3.72. The number of aromatic amines is 2. The van der Waals surface area contributed by atoms with Crippen LogP contribution in [0.4, 0.5) is 26.0 Å². The molecule has 0 unspecified atom stereocenters. The molecule has 2 saturated heterocycles. The number of ether oxygens (including phenoxy) is 1. The summed E-state index contributed by atoms with van der Waals surface area (Å²) in [5.41, 5.74) is 6.01. The standard InChI is InChI=1S/C34H36F2N8O2/c1-43-6-8-44(9-7-43)27-2-3-28(31(17-27)39-26-4-10-46-11-5-26)34(45)40-33-30-15-22(12-21-13-24(35)16-25(36)14-21)29(18-32(30)41-42-33)23-19-37-38-20-23/h2-3,13-20,26,39H,4-12H2,1H3,(H,37,38)(H2,40,41,42,45). The molecule has 4 heterocycles. The molecule has 2 fully saturated rings. The zero-order chi connectivity index (χ0) is 31.6. The Kier molecular flexibility index (Phi) is 8.37. The van der Waals surface area contributed by atoms with E-state index in [4.69, 9.17) is 4.74 Å². The van der Waals surface area contributed by atoms with Crippen LogP contribution < -0.4 is 15.5 Å². The summed E-state index contributed by atoms with van der Waals surface area (Å²) in [7, 11) is 2.13. The number of hydrogen-bond acceptors (Lipinski definition) is 7. The zero-order valence-electron chi connectivity index (χ0n) is 25.6. The van der Waals surface area contributed by atoms with Crippen molar-refractivity contribution >= 4 is 34.0 Å². The minimum absolute atomic E-state index is 0.200. The molecule has 0 saturated carbocycles. The van der Waals surface area contributed by atoms with Gasteiger partial charge in [0.15, 0.2) is 5.82 Å². The van der Waals surface area contributed by atoms with Crippen molar-refractivity contribution in [2.24, 2.45) is 0 Å². The highest BCUT2D eigenvalue weighted by molar-refractivity contribution is 6.11. The monoisotopic (exact) mass is 626 g/mol. The van der Waals surface area contributed by atoms with Gasteiger partial charge in [0, 0.05) is 80.0 Å². The summed E-state index contributed by atoms with van der Waals surface area (Å²) in [5, 5.41) is 21.7. The van der Waals surface area contributed by atoms with Gasteiger partial charge in [-0.15, -0.1) is 0 Å². The number of nitrogens with one attached hydrogen (secondary N) is 4. The summed E-state index contributed by atoms with van der Waals surface area (Å²) in [6.07, 6.45) is 5.43. The molecule has 2 aliphatic heterocycles. The molecule has 10 nitrogen and oxygen atoms in total. The van der Waals surface area contributed by atoms with Crippen LogP contribution in [-0.4, -0.2) is 83.7 Å². The van der Waals surface area contributed by atoms with E-state index in [0.717, 1.165) is 73.2 Å². The number of nitrogens with zero attached hydrogens (tertiary/aromatic N) is 4. The Bertz CT molecular complexity index is 1820. The van der Waals surface area contributed by atoms with Gasteiger partial charge < -0.3 is 25.2 Å². The van der Waals surface area contributed by atoms with Crippen LogP contribution in [0.15, 0.2) is 60.9 Å². The predicted molar refractivity (Wildman–Crippen MR) is 174 cm³/mol. The molecule has 7 rings (SSSR count). The number of fused-ring (bicyclic) bond motifs is 1. The third-order valence-electron chi connectivity index (χ3n) is 8.84. The van der Waals surface area contributed by atoms with E-state index in [9.17, 15) is 13.6 Å². The molecule has 2 aromatic heterocycles. The van der Waals surface area contributed by atoms with Crippen LogP contribution >= 0.6 is 0 Å². The molecule has 4 N–H and O–H groups in total. The molecular weight excluding hydrogens is 590 g/mol. The summed E-state index contributed by atoms with van der Waals surface area (Å²) in [4.78, 5) is 18.6. The van der Waals surface area contributed by atoms with Crippen molar-refractivity contribution in [3.63, 3.8) is 0 Å². The van der Waals surface area contributed by atoms with Gasteiger partial charge in [0.2, 0.25) is 0 Å². The number of amides is 1. The molecule has 0 atom stereocenters. The third kappa shape index (κ3) is 6.44. The topological polar surface area (TPSA) is 114 Å². The third-order valence-corrected chi connectivity index (χ3v) is 8.84. The summed E-state index contributed by atoms with van der Waals surface area (Å²) in [5.74, 6) is -1.20. The first-order valence-corrected chi connectivity index (χ1v) is 15.6. The lowest BCUT2D eigenvalue weighted by molar-refractivity contribution is 0.0904. The van der Waals surface area contributed by atoms with Gasteiger partial charge in [-0.1, -0.05) is 0 Å². The first-order valence-electron chi connectivity index (χ1n) is 15.6. The van der Waals surface area contributed by atoms with Crippen LogP contribution in [0.1, 0.15) is 34.3 Å². The number of hydrogen-bond donors (Lipinski definition) is 4. The van der Waals surface area contributed by atoms with E-state index in [2.05, 4.69) is 53.9 Å². The number of carbonyl (C=O) groups is 1. The number of anilines is 3. The van der Waals surface area contributed by atoms with Crippen molar-refractivity contribution in [1.29, 1.82) is 0 Å². The van der Waals surface area contributed by atoms with Gasteiger partial charge in [-0.2, -0.15) is 10.2 Å². The molecule has 0 aliphatic carbocycles. The van der Waals surface area contributed by atoms with Crippen molar-refractivity contribution in [2.75, 3.05) is 62.0 Å². The SMILES string of the molecule is CN1CCN(c2ccc(C(=O)Nc3n[nH]c4cc(-c5cn[nH]c5)c(Cc5cc(F)cc(F)c5)cc34)c(NC3CCOCC3)c2)CC1. The van der Waals surface area contributed by atoms with Crippen molar-refractivity contribution < 1.29 is 18.3 Å². The quantitative estimate of drug-likeness (QED) is 0.182. The maximum atomic E-state index is 14.1. The van der Waals surface area contributed by atoms with Crippen LogP contribution in [-0.2, 0) is 11.2 Å². The average molecular weight is 627 g/mol. The summed E-state index contributed by atoms with van der Waals surface area (Å²) >= 11 is 0. The summed E-state index contributed by atoms with van der Waals surface area (Å²) < 4.78 is 33.7. The molecule has 5 aromatic rings. The minimum atomic E-state index is -0.638. The second-order valence-electron chi connectivity index (χ2n) is 12.1. The van der Waals surface area contributed by atoms with E-state index >= 15 is 0 Å². The van der Waals surface area contributed by atoms with Crippen LogP contribution in [0.5, 0.6) is 0 Å². The van der Waals surface area contributed by atoms with E-state index in [-0.39, 0.29) is 18.4 Å². The molecule has 238 valence electrons. The van der Waals surface area contributed by atoms with E-state index < -0.39 is 11.6 Å². The Morgan fingerprint density at radius 1 is 1.02 bits per heavy atom. The number of H-pyrrole nitrogens is 2. The largest absolute Gasteiger partial charge is 0.381 e. The summed E-state index contributed by atoms with van der Waals surface area (Å²) in [6, 6.07) is 13.5. The Hall–Kier alpha value is -4.81. The number of halogens is 2. The van der Waals surface area contributed by atoms with Gasteiger partial charge in [-0.05, 0) is 85.5 Å². The molecule has 46 heavy (non-hydrogen) atoms. The van der Waals surface area contributed by atoms with Crippen LogP contribution in [0.25, 0.3) is 22.0 Å². The fourth-order valence-corrected chi connectivity index (χ4v) is 6.30. The Morgan fingerprint density at radius 2 is 1.80 bits per heavy atom. The molecule has 0 spiro atoms. The number of piperazine rings is 1. The fourth-order valence-electron chi connectivity index (χ4n) is 6.30. The maximum Gasteiger partial charge on any atom is 0.258 e. The molecule has 0 bridgehead atoms. The van der Waals surface area contributed by atoms with Crippen molar-refractivity contribution in [3.8, 4) is 11.1 Å². The number of aromatic nitrogens is 4. The predicted octanol–water partition coefficient (Wildman–Crippen LogP) is 5.42. The van der Waals surface area contributed by atoms with Crippen molar-refractivity contribution in [1.82, 2.24) is 25.3 Å². The van der Waals surface area contributed by atoms with Crippen molar-refractivity contribution in [2.45, 2.75) is 25.3 Å². The lowest BCUT2D eigenvalue weighted by atomic mass is 9.94. The highest BCUT2D eigenvalue weighted by atomic mass is 19.1. The molecular formula is C34H36F2N8O2. The molecule has 12 heteroatoms. The normalized spacial score (nSPS) is 16.2. The molecule has 3 aromatic carbocycles. The van der Waals surface area contributed by atoms with Gasteiger partial charge in [0.25, 0.3) is 5.91 Å². The molecule has 2 aliphatic rings. The fraction of sp³-hybridized carbons (Fsp3) is 0.324. The van der Waals surface area contributed by atoms with Gasteiger partial charge in [-0.3, -0.25) is 15.0 Å². The van der Waals surface area contributed by atoms with Gasteiger partial charge in [-0.25, -0.2) is 8.78 Å². The van der Waals surface area contributed by atoms with E-state index in [1.54, 1.807) is 12.4 Å². The summed E-state index contributed by atoms with van der Waals surface area (Å²) in [6.45, 7) is 5.17. The zero-order valence-corrected chi connectivity index (χ0v) is 25.6. The van der Waals surface area contributed by atoms with E-state index in [0.29, 0.717) is 41.1 Å². The highest BCUT2D eigenvalue weighted by Crippen LogP contribution is 2.33. The van der Waals surface area contributed by atoms with Crippen LogP contribution in [0.2, 0.25) is 0 Å². The lowest BCUT2D eigenvalue weighted by Gasteiger charge is -2.34. The Morgan fingerprint density at radius 3 is 2.54 bits per heavy atom. The van der Waals surface area contributed by atoms with E-state index in [1.807, 2.05) is 24.3 Å². The number of carbonyl (C=O) groups excluding carboxylic acids is 1. The van der Waals surface area contributed by atoms with Gasteiger partial charge in [0.05, 0.1) is 17.3 Å². The Balaban J connectivity index is 1.21. The van der Waals surface area contributed by atoms with Crippen LogP contribution in [0.3, 0.4) is 0 Å². The minimum Gasteiger partial charge on any atom is -0.381 e. The second kappa shape index (κ2) is 12.9. The van der Waals surface area contributed by atoms with Gasteiger partial charge >= 0.3 is 0 Å². The van der Waals surface area contributed by atoms with Crippen molar-refractivity contribution in [3.05, 3.63) is 89.2 Å². The second-order valence-corrected chi connectivity index (χ2v) is 12.1. The number of likely N-dealkylation sites (N-methyl/N-ethyl adjacent to an activating group) is 1. The van der Waals surface area contributed by atoms with Gasteiger partial charge in [0.1, 0.15) is 11.6 Å². The first kappa shape index (κ1) is 29.9. The van der Waals surface area contributed by atoms with Crippen LogP contribution in [0, 0.1) is 11.6 Å². The highest BCUT2D eigenvalue weighted by Gasteiger charge is 2.23. The Labute approximate surface area is 265 Å². The first-order chi connectivity index (χ1) is 22.4. The number of rotatable bonds is 8. The van der Waals surface area contributed by atoms with E-state index in [1.165, 1.54) is 12.1 Å². The molecule has 1 amide bonds. The molecule has 0 radical (unpaired) electrons.